The van der Waals surface area contributed by atoms with Crippen molar-refractivity contribution in [2.75, 3.05) is 0 Å². The molecule has 0 heterocycles. The second kappa shape index (κ2) is 7.07. The molecule has 1 heteroatoms. The van der Waals surface area contributed by atoms with Gasteiger partial charge >= 0.3 is 0 Å². The molecule has 0 aromatic rings. The van der Waals surface area contributed by atoms with E-state index in [2.05, 4.69) is 13.3 Å². The van der Waals surface area contributed by atoms with Gasteiger partial charge in [-0.3, -0.25) is 0 Å². The fourth-order valence-corrected chi connectivity index (χ4v) is 0.898. The topological polar surface area (TPSA) is 20.2 Å². The summed E-state index contributed by atoms with van der Waals surface area (Å²) in [6.45, 7) is 4.03. The van der Waals surface area contributed by atoms with Crippen LogP contribution < -0.4 is 0 Å². The largest absolute Gasteiger partial charge is 0.393 e. The van der Waals surface area contributed by atoms with Crippen molar-refractivity contribution in [1.82, 2.24) is 0 Å². The van der Waals surface area contributed by atoms with Gasteiger partial charge in [-0.25, -0.2) is 0 Å². The molecular weight excluding hydrogens is 124 g/mol. The van der Waals surface area contributed by atoms with Crippen molar-refractivity contribution in [2.24, 2.45) is 0 Å². The van der Waals surface area contributed by atoms with E-state index in [1.165, 1.54) is 25.7 Å². The predicted molar refractivity (Wildman–Crippen MR) is 44.7 cm³/mol. The smallest absolute Gasteiger partial charge is 0.0514 e. The molecule has 0 rings (SSSR count). The first-order valence-corrected chi connectivity index (χ1v) is 4.27. The van der Waals surface area contributed by atoms with Crippen molar-refractivity contribution in [3.63, 3.8) is 0 Å². The van der Waals surface area contributed by atoms with E-state index in [9.17, 15) is 0 Å². The van der Waals surface area contributed by atoms with Crippen molar-refractivity contribution >= 4 is 0 Å². The molecule has 0 aliphatic rings. The fraction of sp³-hybridized carbons (Fsp3) is 0.889. The van der Waals surface area contributed by atoms with Gasteiger partial charge in [0.05, 0.1) is 6.10 Å². The van der Waals surface area contributed by atoms with Crippen LogP contribution in [0.5, 0.6) is 0 Å². The van der Waals surface area contributed by atoms with E-state index in [0.717, 1.165) is 6.42 Å². The SMILES string of the molecule is CCCCC[CH]CC(C)O. The molecule has 1 atom stereocenters. The molecule has 0 saturated carbocycles. The van der Waals surface area contributed by atoms with Gasteiger partial charge in [-0.05, 0) is 19.8 Å². The van der Waals surface area contributed by atoms with Crippen molar-refractivity contribution in [1.29, 1.82) is 0 Å². The lowest BCUT2D eigenvalue weighted by atomic mass is 10.1. The molecule has 0 aromatic heterocycles. The third-order valence-corrected chi connectivity index (χ3v) is 1.52. The minimum absolute atomic E-state index is 0.151. The van der Waals surface area contributed by atoms with Crippen molar-refractivity contribution in [3.05, 3.63) is 6.42 Å². The van der Waals surface area contributed by atoms with Crippen LogP contribution >= 0.6 is 0 Å². The number of rotatable bonds is 6. The summed E-state index contributed by atoms with van der Waals surface area (Å²) >= 11 is 0. The number of hydrogen-bond donors (Lipinski definition) is 1. The maximum Gasteiger partial charge on any atom is 0.0514 e. The van der Waals surface area contributed by atoms with E-state index >= 15 is 0 Å². The molecule has 0 amide bonds. The van der Waals surface area contributed by atoms with E-state index in [0.29, 0.717) is 0 Å². The standard InChI is InChI=1S/C9H19O/c1-3-4-5-6-7-8-9(2)10/h7,9-10H,3-6,8H2,1-2H3. The summed E-state index contributed by atoms with van der Waals surface area (Å²) in [7, 11) is 0. The molecule has 0 bridgehead atoms. The molecule has 0 saturated heterocycles. The van der Waals surface area contributed by atoms with Gasteiger partial charge < -0.3 is 5.11 Å². The molecule has 1 radical (unpaired) electrons. The Hall–Kier alpha value is -0.0400. The second-order valence-electron chi connectivity index (χ2n) is 2.87. The lowest BCUT2D eigenvalue weighted by Gasteiger charge is -2.01. The Balaban J connectivity index is 2.77. The van der Waals surface area contributed by atoms with Gasteiger partial charge in [0.15, 0.2) is 0 Å². The van der Waals surface area contributed by atoms with Crippen LogP contribution in [-0.4, -0.2) is 11.2 Å². The lowest BCUT2D eigenvalue weighted by Crippen LogP contribution is -1.98. The van der Waals surface area contributed by atoms with Gasteiger partial charge in [0.2, 0.25) is 0 Å². The summed E-state index contributed by atoms with van der Waals surface area (Å²) in [5.74, 6) is 0. The highest BCUT2D eigenvalue weighted by Crippen LogP contribution is 2.05. The van der Waals surface area contributed by atoms with Gasteiger partial charge in [-0.2, -0.15) is 0 Å². The monoisotopic (exact) mass is 143 g/mol. The minimum Gasteiger partial charge on any atom is -0.393 e. The van der Waals surface area contributed by atoms with Crippen molar-refractivity contribution < 1.29 is 5.11 Å². The number of hydrogen-bond acceptors (Lipinski definition) is 1. The highest BCUT2D eigenvalue weighted by molar-refractivity contribution is 4.67. The molecule has 61 valence electrons. The van der Waals surface area contributed by atoms with E-state index in [1.807, 2.05) is 6.92 Å². The van der Waals surface area contributed by atoms with Gasteiger partial charge in [0.1, 0.15) is 0 Å². The molecule has 10 heavy (non-hydrogen) atoms. The summed E-state index contributed by atoms with van der Waals surface area (Å²) in [4.78, 5) is 0. The Morgan fingerprint density at radius 3 is 2.60 bits per heavy atom. The first-order valence-electron chi connectivity index (χ1n) is 4.27. The summed E-state index contributed by atoms with van der Waals surface area (Å²) < 4.78 is 0. The zero-order valence-electron chi connectivity index (χ0n) is 7.14. The van der Waals surface area contributed by atoms with Crippen LogP contribution in [0.25, 0.3) is 0 Å². The Labute approximate surface area is 64.5 Å². The lowest BCUT2D eigenvalue weighted by molar-refractivity contribution is 0.193. The second-order valence-corrected chi connectivity index (χ2v) is 2.87. The third-order valence-electron chi connectivity index (χ3n) is 1.52. The quantitative estimate of drug-likeness (QED) is 0.566. The maximum absolute atomic E-state index is 8.88. The summed E-state index contributed by atoms with van der Waals surface area (Å²) in [6, 6.07) is 0. The van der Waals surface area contributed by atoms with Crippen LogP contribution in [0.1, 0.15) is 46.0 Å². The first-order chi connectivity index (χ1) is 4.77. The number of aliphatic hydroxyl groups excluding tert-OH is 1. The Morgan fingerprint density at radius 2 is 2.10 bits per heavy atom. The maximum atomic E-state index is 8.88. The van der Waals surface area contributed by atoms with Gasteiger partial charge in [-0.1, -0.05) is 32.6 Å². The van der Waals surface area contributed by atoms with Gasteiger partial charge in [0.25, 0.3) is 0 Å². The number of aliphatic hydroxyl groups is 1. The van der Waals surface area contributed by atoms with Crippen LogP contribution in [0.15, 0.2) is 0 Å². The molecule has 0 aliphatic carbocycles. The predicted octanol–water partition coefficient (Wildman–Crippen LogP) is 2.54. The zero-order chi connectivity index (χ0) is 7.82. The molecule has 1 N–H and O–H groups in total. The van der Waals surface area contributed by atoms with Crippen LogP contribution in [0, 0.1) is 6.42 Å². The Kier molecular flexibility index (Phi) is 7.04. The van der Waals surface area contributed by atoms with E-state index < -0.39 is 0 Å². The first kappa shape index (κ1) is 9.96. The van der Waals surface area contributed by atoms with Crippen LogP contribution in [0.2, 0.25) is 0 Å². The Morgan fingerprint density at radius 1 is 1.40 bits per heavy atom. The fourth-order valence-electron chi connectivity index (χ4n) is 0.898. The summed E-state index contributed by atoms with van der Waals surface area (Å²) in [5, 5.41) is 8.88. The van der Waals surface area contributed by atoms with Crippen LogP contribution in [0.4, 0.5) is 0 Å². The minimum atomic E-state index is -0.151. The molecule has 1 unspecified atom stereocenters. The highest BCUT2D eigenvalue weighted by Gasteiger charge is 1.94. The van der Waals surface area contributed by atoms with E-state index in [4.69, 9.17) is 5.11 Å². The molecule has 0 fully saturated rings. The van der Waals surface area contributed by atoms with Gasteiger partial charge in [-0.15, -0.1) is 0 Å². The molecular formula is C9H19O. The Bertz CT molecular complexity index is 59.7. The van der Waals surface area contributed by atoms with E-state index in [1.54, 1.807) is 0 Å². The molecule has 0 spiro atoms. The third kappa shape index (κ3) is 7.96. The zero-order valence-corrected chi connectivity index (χ0v) is 7.14. The average molecular weight is 143 g/mol. The number of unbranched alkanes of at least 4 members (excludes halogenated alkanes) is 4. The van der Waals surface area contributed by atoms with Crippen LogP contribution in [0.3, 0.4) is 0 Å². The molecule has 0 aromatic carbocycles. The van der Waals surface area contributed by atoms with E-state index in [-0.39, 0.29) is 6.10 Å². The molecule has 0 aliphatic heterocycles. The summed E-state index contributed by atoms with van der Waals surface area (Å²) in [6.07, 6.45) is 7.92. The van der Waals surface area contributed by atoms with Gasteiger partial charge in [0, 0.05) is 0 Å². The average Bonchev–Trinajstić information content (AvgIpc) is 1.87. The molecule has 1 nitrogen and oxygen atoms in total. The van der Waals surface area contributed by atoms with Crippen molar-refractivity contribution in [3.8, 4) is 0 Å². The highest BCUT2D eigenvalue weighted by atomic mass is 16.3. The van der Waals surface area contributed by atoms with Crippen molar-refractivity contribution in [2.45, 2.75) is 52.1 Å². The normalized spacial score (nSPS) is 13.5. The van der Waals surface area contributed by atoms with Crippen LogP contribution in [-0.2, 0) is 0 Å². The summed E-state index contributed by atoms with van der Waals surface area (Å²) in [5.41, 5.74) is 0.